The van der Waals surface area contributed by atoms with Crippen molar-refractivity contribution in [3.05, 3.63) is 59.9 Å². The molecule has 0 spiro atoms. The van der Waals surface area contributed by atoms with Gasteiger partial charge in [0.2, 0.25) is 0 Å². The number of carbonyl (C=O) groups is 1. The maximum absolute atomic E-state index is 11.6. The van der Waals surface area contributed by atoms with Gasteiger partial charge in [0.05, 0.1) is 18.3 Å². The summed E-state index contributed by atoms with van der Waals surface area (Å²) in [6, 6.07) is 11.7. The Labute approximate surface area is 182 Å². The first-order valence-electron chi connectivity index (χ1n) is 10.6. The van der Waals surface area contributed by atoms with Gasteiger partial charge in [-0.1, -0.05) is 12.1 Å². The average Bonchev–Trinajstić information content (AvgIpc) is 3.16. The lowest BCUT2D eigenvalue weighted by atomic mass is 10.1. The third-order valence-electron chi connectivity index (χ3n) is 5.69. The molecule has 3 aromatic rings. The number of methoxy groups -OCH3 is 1. The van der Waals surface area contributed by atoms with E-state index in [-0.39, 0.29) is 5.97 Å². The second-order valence-corrected chi connectivity index (χ2v) is 8.78. The smallest absolute Gasteiger partial charge is 0.337 e. The molecule has 0 unspecified atom stereocenters. The molecule has 1 N–H and O–H groups in total. The number of benzene rings is 1. The normalized spacial score (nSPS) is 15.4. The highest BCUT2D eigenvalue weighted by Gasteiger charge is 2.24. The zero-order valence-electron chi connectivity index (χ0n) is 18.4. The fourth-order valence-electron chi connectivity index (χ4n) is 4.23. The van der Waals surface area contributed by atoms with Crippen LogP contribution in [0.1, 0.15) is 29.8 Å². The van der Waals surface area contributed by atoms with Crippen LogP contribution >= 0.6 is 0 Å². The van der Waals surface area contributed by atoms with Crippen molar-refractivity contribution in [1.29, 1.82) is 0 Å². The van der Waals surface area contributed by atoms with Gasteiger partial charge >= 0.3 is 5.97 Å². The second-order valence-electron chi connectivity index (χ2n) is 8.78. The molecule has 1 aliphatic heterocycles. The molecule has 0 amide bonds. The molecule has 164 valence electrons. The number of aromatic nitrogens is 2. The van der Waals surface area contributed by atoms with Crippen molar-refractivity contribution in [3.63, 3.8) is 0 Å². The van der Waals surface area contributed by atoms with Crippen molar-refractivity contribution in [3.8, 4) is 0 Å². The first-order valence-corrected chi connectivity index (χ1v) is 10.6. The van der Waals surface area contributed by atoms with Gasteiger partial charge in [-0.05, 0) is 43.7 Å². The van der Waals surface area contributed by atoms with E-state index in [1.165, 1.54) is 12.8 Å². The van der Waals surface area contributed by atoms with Gasteiger partial charge in [0.25, 0.3) is 0 Å². The molecule has 0 saturated carbocycles. The molecule has 7 heteroatoms. The molecular formula is C24H30N4O3. The number of piperazine rings is 1. The Morgan fingerprint density at radius 3 is 2.45 bits per heavy atom. The number of fused-ring (bicyclic) bond motifs is 1. The summed E-state index contributed by atoms with van der Waals surface area (Å²) in [5.74, 6) is -0.327. The zero-order chi connectivity index (χ0) is 22.0. The number of nitrogens with zero attached hydrogens (tertiary/aromatic N) is 4. The van der Waals surface area contributed by atoms with E-state index in [2.05, 4.69) is 37.7 Å². The van der Waals surface area contributed by atoms with Crippen LogP contribution in [0.25, 0.3) is 11.0 Å². The van der Waals surface area contributed by atoms with E-state index in [0.29, 0.717) is 18.7 Å². The number of esters is 1. The molecule has 1 aliphatic rings. The van der Waals surface area contributed by atoms with Crippen LogP contribution < -0.4 is 4.90 Å². The lowest BCUT2D eigenvalue weighted by Gasteiger charge is -2.38. The van der Waals surface area contributed by atoms with E-state index in [1.54, 1.807) is 12.1 Å². The molecule has 1 aromatic carbocycles. The minimum atomic E-state index is -0.668. The summed E-state index contributed by atoms with van der Waals surface area (Å²) < 4.78 is 6.90. The maximum Gasteiger partial charge on any atom is 0.337 e. The molecule has 3 heterocycles. The van der Waals surface area contributed by atoms with Gasteiger partial charge in [0, 0.05) is 62.7 Å². The van der Waals surface area contributed by atoms with E-state index in [9.17, 15) is 9.90 Å². The van der Waals surface area contributed by atoms with Gasteiger partial charge in [0.1, 0.15) is 5.65 Å². The van der Waals surface area contributed by atoms with E-state index < -0.39 is 5.60 Å². The topological polar surface area (TPSA) is 70.8 Å². The predicted molar refractivity (Wildman–Crippen MR) is 122 cm³/mol. The largest absolute Gasteiger partial charge is 0.465 e. The van der Waals surface area contributed by atoms with Gasteiger partial charge in [-0.15, -0.1) is 0 Å². The maximum atomic E-state index is 11.6. The van der Waals surface area contributed by atoms with Crippen molar-refractivity contribution in [2.45, 2.75) is 26.0 Å². The number of rotatable bonds is 6. The predicted octanol–water partition coefficient (Wildman–Crippen LogP) is 2.76. The summed E-state index contributed by atoms with van der Waals surface area (Å²) in [6.45, 7) is 8.81. The van der Waals surface area contributed by atoms with Gasteiger partial charge in [0.15, 0.2) is 0 Å². The summed E-state index contributed by atoms with van der Waals surface area (Å²) in [5.41, 5.74) is 3.13. The van der Waals surface area contributed by atoms with Crippen LogP contribution in [0.15, 0.2) is 48.8 Å². The van der Waals surface area contributed by atoms with Crippen LogP contribution in [0.5, 0.6) is 0 Å². The van der Waals surface area contributed by atoms with Gasteiger partial charge in [-0.2, -0.15) is 0 Å². The number of anilines is 1. The number of hydrogen-bond acceptors (Lipinski definition) is 6. The van der Waals surface area contributed by atoms with Crippen LogP contribution in [-0.4, -0.2) is 71.0 Å². The van der Waals surface area contributed by atoms with Crippen molar-refractivity contribution in [2.24, 2.45) is 0 Å². The highest BCUT2D eigenvalue weighted by atomic mass is 16.5. The van der Waals surface area contributed by atoms with Gasteiger partial charge in [-0.3, -0.25) is 4.90 Å². The number of carbonyl (C=O) groups excluding carboxylic acids is 1. The van der Waals surface area contributed by atoms with E-state index in [0.717, 1.165) is 42.8 Å². The number of ether oxygens (including phenoxy) is 1. The number of β-amino-alcohol motifs (C(OH)–C–C–N with tert-alkyl or cyclic N) is 1. The molecule has 0 radical (unpaired) electrons. The number of hydrogen-bond donors (Lipinski definition) is 1. The molecule has 4 rings (SSSR count). The number of aliphatic hydroxyl groups is 1. The lowest BCUT2D eigenvalue weighted by molar-refractivity contribution is 0.0345. The molecule has 1 saturated heterocycles. The Hall–Kier alpha value is -2.90. The van der Waals surface area contributed by atoms with E-state index >= 15 is 0 Å². The van der Waals surface area contributed by atoms with Gasteiger partial charge < -0.3 is 19.3 Å². The summed E-state index contributed by atoms with van der Waals surface area (Å²) in [4.78, 5) is 21.0. The van der Waals surface area contributed by atoms with Crippen molar-refractivity contribution < 1.29 is 14.6 Å². The quantitative estimate of drug-likeness (QED) is 0.616. The summed E-state index contributed by atoms with van der Waals surface area (Å²) in [5, 5.41) is 11.2. The molecule has 0 aliphatic carbocycles. The van der Waals surface area contributed by atoms with Crippen molar-refractivity contribution in [1.82, 2.24) is 14.5 Å². The average molecular weight is 423 g/mol. The fraction of sp³-hybridized carbons (Fsp3) is 0.417. The molecule has 0 atom stereocenters. The van der Waals surface area contributed by atoms with Crippen molar-refractivity contribution in [2.75, 3.05) is 44.7 Å². The van der Waals surface area contributed by atoms with Crippen LogP contribution in [0.3, 0.4) is 0 Å². The third kappa shape index (κ3) is 4.89. The van der Waals surface area contributed by atoms with E-state index in [4.69, 9.17) is 4.74 Å². The Morgan fingerprint density at radius 2 is 1.81 bits per heavy atom. The summed E-state index contributed by atoms with van der Waals surface area (Å²) in [6.07, 6.45) is 3.94. The molecule has 0 bridgehead atoms. The first kappa shape index (κ1) is 21.3. The fourth-order valence-corrected chi connectivity index (χ4v) is 4.23. The highest BCUT2D eigenvalue weighted by molar-refractivity contribution is 5.90. The van der Waals surface area contributed by atoms with Crippen LogP contribution in [0.4, 0.5) is 5.69 Å². The Kier molecular flexibility index (Phi) is 5.98. The molecule has 7 nitrogen and oxygen atoms in total. The Morgan fingerprint density at radius 1 is 1.10 bits per heavy atom. The molecule has 31 heavy (non-hydrogen) atoms. The molecule has 1 fully saturated rings. The monoisotopic (exact) mass is 422 g/mol. The third-order valence-corrected chi connectivity index (χ3v) is 5.69. The minimum absolute atomic E-state index is 0.327. The summed E-state index contributed by atoms with van der Waals surface area (Å²) in [7, 11) is 1.39. The lowest BCUT2D eigenvalue weighted by Crippen LogP contribution is -2.50. The first-order chi connectivity index (χ1) is 14.8. The van der Waals surface area contributed by atoms with Crippen LogP contribution in [0, 0.1) is 0 Å². The second kappa shape index (κ2) is 8.69. The SMILES string of the molecule is COC(=O)c1ccc(Cn2ccc3c(N4CCN(CC(C)(C)O)CC4)ccnc32)cc1. The standard InChI is InChI=1S/C24H30N4O3/c1-24(2,30)17-26-12-14-27(15-13-26)21-8-10-25-22-20(21)9-11-28(22)16-18-4-6-19(7-5-18)23(29)31-3/h4-11,30H,12-17H2,1-3H3. The molecule has 2 aromatic heterocycles. The Bertz CT molecular complexity index is 1040. The molecular weight excluding hydrogens is 392 g/mol. The highest BCUT2D eigenvalue weighted by Crippen LogP contribution is 2.28. The number of pyridine rings is 1. The van der Waals surface area contributed by atoms with E-state index in [1.807, 2.05) is 32.2 Å². The Balaban J connectivity index is 1.49. The van der Waals surface area contributed by atoms with Crippen LogP contribution in [-0.2, 0) is 11.3 Å². The zero-order valence-corrected chi connectivity index (χ0v) is 18.4. The van der Waals surface area contributed by atoms with Crippen molar-refractivity contribution >= 4 is 22.7 Å². The summed E-state index contributed by atoms with van der Waals surface area (Å²) >= 11 is 0. The van der Waals surface area contributed by atoms with Crippen LogP contribution in [0.2, 0.25) is 0 Å². The van der Waals surface area contributed by atoms with Gasteiger partial charge in [-0.25, -0.2) is 9.78 Å². The minimum Gasteiger partial charge on any atom is -0.465 e.